The second-order valence-electron chi connectivity index (χ2n) is 12.6. The smallest absolute Gasteiger partial charge is 0.310 e. The minimum Gasteiger partial charge on any atom is -0.508 e. The number of hydrogen-bond donors (Lipinski definition) is 9. The Bertz CT molecular complexity index is 1890. The molecule has 2 aromatic carbocycles. The van der Waals surface area contributed by atoms with E-state index >= 15 is 0 Å². The van der Waals surface area contributed by atoms with Crippen molar-refractivity contribution in [3.8, 4) is 40.1 Å². The van der Waals surface area contributed by atoms with Crippen LogP contribution in [0.1, 0.15) is 32.6 Å². The quantitative estimate of drug-likeness (QED) is 0.0483. The predicted octanol–water partition coefficient (Wildman–Crippen LogP) is 0.111. The molecule has 10 atom stereocenters. The Morgan fingerprint density at radius 1 is 0.815 bits per heavy atom. The molecule has 0 aliphatic carbocycles. The van der Waals surface area contributed by atoms with Gasteiger partial charge in [-0.3, -0.25) is 14.4 Å². The van der Waals surface area contributed by atoms with Crippen molar-refractivity contribution >= 4 is 22.9 Å². The Labute approximate surface area is 305 Å². The molecule has 294 valence electrons. The average Bonchev–Trinajstić information content (AvgIpc) is 3.12. The number of benzene rings is 2. The summed E-state index contributed by atoms with van der Waals surface area (Å²) < 4.78 is 38.3. The van der Waals surface area contributed by atoms with Crippen molar-refractivity contribution in [2.24, 2.45) is 0 Å². The van der Waals surface area contributed by atoms with Crippen molar-refractivity contribution in [3.05, 3.63) is 53.4 Å². The van der Waals surface area contributed by atoms with Crippen LogP contribution in [0.25, 0.3) is 22.3 Å². The van der Waals surface area contributed by atoms with Crippen LogP contribution in [0.5, 0.6) is 28.7 Å². The highest BCUT2D eigenvalue weighted by atomic mass is 16.7. The molecule has 5 rings (SSSR count). The van der Waals surface area contributed by atoms with Crippen LogP contribution >= 0.6 is 0 Å². The van der Waals surface area contributed by atoms with E-state index in [9.17, 15) is 60.3 Å². The van der Waals surface area contributed by atoms with E-state index in [-0.39, 0.29) is 30.4 Å². The number of aromatic hydroxyl groups is 4. The molecule has 19 heteroatoms. The van der Waals surface area contributed by atoms with E-state index in [1.165, 1.54) is 13.0 Å². The summed E-state index contributed by atoms with van der Waals surface area (Å²) in [6.07, 6.45) is -15.2. The molecule has 3 aromatic rings. The number of carbonyl (C=O) groups excluding carboxylic acids is 2. The van der Waals surface area contributed by atoms with Gasteiger partial charge in [0.05, 0.1) is 19.0 Å². The maximum atomic E-state index is 13.7. The first kappa shape index (κ1) is 40.2. The van der Waals surface area contributed by atoms with E-state index in [1.807, 2.05) is 0 Å². The van der Waals surface area contributed by atoms with E-state index in [1.54, 1.807) is 0 Å². The molecule has 0 bridgehead atoms. The summed E-state index contributed by atoms with van der Waals surface area (Å²) in [5, 5.41) is 93.7. The highest BCUT2D eigenvalue weighted by Gasteiger charge is 2.49. The maximum absolute atomic E-state index is 13.7. The van der Waals surface area contributed by atoms with Crippen molar-refractivity contribution in [2.45, 2.75) is 94.0 Å². The number of esters is 2. The van der Waals surface area contributed by atoms with Gasteiger partial charge in [-0.15, -0.1) is 0 Å². The molecule has 0 saturated carbocycles. The normalized spacial score (nSPS) is 28.3. The van der Waals surface area contributed by atoms with Crippen LogP contribution in [0.4, 0.5) is 0 Å². The Balaban J connectivity index is 1.29. The molecule has 0 unspecified atom stereocenters. The van der Waals surface area contributed by atoms with Crippen LogP contribution in [0.3, 0.4) is 0 Å². The maximum Gasteiger partial charge on any atom is 0.310 e. The first-order valence-electron chi connectivity index (χ1n) is 16.7. The SMILES string of the molecule is C=COC(=O)CCCCC(=O)O[C@@H]1[C@@H](O)[C@@H](O)[C@H](OC[C@H]2O[C@@H](Oc3c(-c4ccc(O)c(O)c4)oc4cc(O)cc(O)c4c3=O)[C@H](O)[C@@H](O)[C@@H]2O)O[C@H]1C. The summed E-state index contributed by atoms with van der Waals surface area (Å²) >= 11 is 0. The van der Waals surface area contributed by atoms with Crippen LogP contribution in [0.2, 0.25) is 0 Å². The third-order valence-electron chi connectivity index (χ3n) is 8.75. The number of hydrogen-bond acceptors (Lipinski definition) is 19. The van der Waals surface area contributed by atoms with E-state index in [0.29, 0.717) is 6.42 Å². The third-order valence-corrected chi connectivity index (χ3v) is 8.75. The Morgan fingerprint density at radius 2 is 1.50 bits per heavy atom. The standard InChI is InChI=1S/C35H40O19/c1-3-48-22(40)6-4-5-7-23(41)53-31-14(2)50-34(30(47)28(31)45)49-13-21-25(42)27(44)29(46)35(52-21)54-33-26(43)24-19(39)11-16(36)12-20(24)51-32(33)15-8-9-17(37)18(38)10-15/h3,8-12,14,21,25,27-31,34-39,42,44-47H,1,4-7,13H2,2H3/t14-,21+,25+,27-,28-,29+,30+,31-,34+,35-/m0/s1. The van der Waals surface area contributed by atoms with Crippen molar-refractivity contribution in [1.29, 1.82) is 0 Å². The molecule has 2 aliphatic rings. The number of aliphatic hydroxyl groups is 5. The third kappa shape index (κ3) is 8.69. The van der Waals surface area contributed by atoms with Crippen LogP contribution in [0, 0.1) is 0 Å². The molecule has 1 aromatic heterocycles. The lowest BCUT2D eigenvalue weighted by Crippen LogP contribution is -2.62. The summed E-state index contributed by atoms with van der Waals surface area (Å²) in [5.41, 5.74) is -1.42. The van der Waals surface area contributed by atoms with Crippen LogP contribution in [-0.4, -0.2) is 126 Å². The zero-order valence-corrected chi connectivity index (χ0v) is 28.6. The molecule has 2 saturated heterocycles. The topological polar surface area (TPSA) is 302 Å². The van der Waals surface area contributed by atoms with E-state index in [0.717, 1.165) is 30.5 Å². The fourth-order valence-corrected chi connectivity index (χ4v) is 5.89. The van der Waals surface area contributed by atoms with Gasteiger partial charge in [-0.2, -0.15) is 0 Å². The summed E-state index contributed by atoms with van der Waals surface area (Å²) in [6, 6.07) is 5.17. The monoisotopic (exact) mass is 764 g/mol. The molecule has 0 spiro atoms. The summed E-state index contributed by atoms with van der Waals surface area (Å²) in [6.45, 7) is 4.04. The lowest BCUT2D eigenvalue weighted by Gasteiger charge is -2.43. The molecule has 9 N–H and O–H groups in total. The first-order chi connectivity index (χ1) is 25.6. The minimum absolute atomic E-state index is 0.0483. The summed E-state index contributed by atoms with van der Waals surface area (Å²) in [7, 11) is 0. The van der Waals surface area contributed by atoms with Gasteiger partial charge in [-0.1, -0.05) is 6.58 Å². The van der Waals surface area contributed by atoms with Crippen molar-refractivity contribution in [3.63, 3.8) is 0 Å². The van der Waals surface area contributed by atoms with Gasteiger partial charge in [-0.25, -0.2) is 0 Å². The van der Waals surface area contributed by atoms with Crippen LogP contribution < -0.4 is 10.2 Å². The van der Waals surface area contributed by atoms with Gasteiger partial charge in [0, 0.05) is 30.5 Å². The van der Waals surface area contributed by atoms with E-state index in [4.69, 9.17) is 28.1 Å². The number of phenols is 4. The average molecular weight is 765 g/mol. The molecule has 2 fully saturated rings. The van der Waals surface area contributed by atoms with Gasteiger partial charge >= 0.3 is 11.9 Å². The fourth-order valence-electron chi connectivity index (χ4n) is 5.89. The Hall–Kier alpha value is -4.99. The van der Waals surface area contributed by atoms with Crippen molar-refractivity contribution in [1.82, 2.24) is 0 Å². The number of ether oxygens (including phenoxy) is 6. The zero-order chi connectivity index (χ0) is 39.4. The number of fused-ring (bicyclic) bond motifs is 1. The Morgan fingerprint density at radius 3 is 2.19 bits per heavy atom. The molecule has 0 amide bonds. The van der Waals surface area contributed by atoms with Gasteiger partial charge < -0.3 is 78.8 Å². The molecule has 2 aliphatic heterocycles. The van der Waals surface area contributed by atoms with Crippen LogP contribution in [-0.2, 0) is 33.3 Å². The van der Waals surface area contributed by atoms with Gasteiger partial charge in [0.15, 0.2) is 29.7 Å². The van der Waals surface area contributed by atoms with E-state index < -0.39 is 125 Å². The van der Waals surface area contributed by atoms with Gasteiger partial charge in [0.1, 0.15) is 59.1 Å². The number of unbranched alkanes of at least 4 members (excludes halogenated alkanes) is 1. The lowest BCUT2D eigenvalue weighted by molar-refractivity contribution is -0.319. The second kappa shape index (κ2) is 17.0. The van der Waals surface area contributed by atoms with Crippen molar-refractivity contribution < 1.29 is 88.4 Å². The fraction of sp³-hybridized carbons (Fsp3) is 0.457. The largest absolute Gasteiger partial charge is 0.508 e. The highest BCUT2D eigenvalue weighted by molar-refractivity contribution is 5.88. The number of carbonyl (C=O) groups is 2. The second-order valence-corrected chi connectivity index (χ2v) is 12.6. The van der Waals surface area contributed by atoms with Gasteiger partial charge in [0.2, 0.25) is 17.5 Å². The number of rotatable bonds is 13. The number of aliphatic hydroxyl groups excluding tert-OH is 5. The molecular weight excluding hydrogens is 724 g/mol. The van der Waals surface area contributed by atoms with Crippen molar-refractivity contribution in [2.75, 3.05) is 6.61 Å². The Kier molecular flexibility index (Phi) is 12.7. The van der Waals surface area contributed by atoms with Crippen LogP contribution in [0.15, 0.2) is 52.4 Å². The van der Waals surface area contributed by atoms with Gasteiger partial charge in [0.25, 0.3) is 0 Å². The molecular formula is C35H40O19. The predicted molar refractivity (Wildman–Crippen MR) is 179 cm³/mol. The summed E-state index contributed by atoms with van der Waals surface area (Å²) in [5.74, 6) is -4.71. The zero-order valence-electron chi connectivity index (χ0n) is 28.6. The van der Waals surface area contributed by atoms with Gasteiger partial charge in [-0.05, 0) is 38.0 Å². The first-order valence-corrected chi connectivity index (χ1v) is 16.7. The molecule has 3 heterocycles. The van der Waals surface area contributed by atoms with E-state index in [2.05, 4.69) is 11.3 Å². The molecule has 0 radical (unpaired) electrons. The molecule has 54 heavy (non-hydrogen) atoms. The molecule has 19 nitrogen and oxygen atoms in total. The minimum atomic E-state index is -2.02. The number of phenolic OH excluding ortho intramolecular Hbond substituents is 4. The lowest BCUT2D eigenvalue weighted by atomic mass is 9.98. The highest BCUT2D eigenvalue weighted by Crippen LogP contribution is 2.39. The summed E-state index contributed by atoms with van der Waals surface area (Å²) in [4.78, 5) is 37.5.